The Morgan fingerprint density at radius 3 is 2.25 bits per heavy atom. The first-order valence-corrected chi connectivity index (χ1v) is 12.7. The third-order valence-electron chi connectivity index (χ3n) is 5.33. The largest absolute Gasteiger partial charge is 0.467 e. The van der Waals surface area contributed by atoms with Gasteiger partial charge in [-0.25, -0.2) is 4.79 Å². The van der Waals surface area contributed by atoms with Gasteiger partial charge in [0.25, 0.3) is 11.8 Å². The van der Waals surface area contributed by atoms with E-state index < -0.39 is 17.9 Å². The van der Waals surface area contributed by atoms with E-state index in [4.69, 9.17) is 27.9 Å². The van der Waals surface area contributed by atoms with Crippen molar-refractivity contribution in [3.8, 4) is 0 Å². The van der Waals surface area contributed by atoms with Crippen molar-refractivity contribution >= 4 is 69.3 Å². The molecular weight excluding hydrogens is 614 g/mol. The Hall–Kier alpha value is -2.88. The summed E-state index contributed by atoms with van der Waals surface area (Å²) in [5.41, 5.74) is 2.10. The second kappa shape index (κ2) is 12.9. The van der Waals surface area contributed by atoms with Crippen LogP contribution in [0.4, 0.5) is 5.69 Å². The van der Waals surface area contributed by atoms with Crippen LogP contribution in [0.3, 0.4) is 0 Å². The third-order valence-corrected chi connectivity index (χ3v) is 6.90. The molecule has 1 N–H and O–H groups in total. The average molecular weight is 637 g/mol. The molecule has 1 atom stereocenters. The fraction of sp³-hybridized carbons (Fsp3) is 0.148. The Balaban J connectivity index is 1.81. The quantitative estimate of drug-likeness (QED) is 0.179. The van der Waals surface area contributed by atoms with Crippen LogP contribution in [-0.2, 0) is 16.0 Å². The van der Waals surface area contributed by atoms with Crippen LogP contribution in [-0.4, -0.2) is 37.5 Å². The zero-order valence-electron chi connectivity index (χ0n) is 19.3. The van der Waals surface area contributed by atoms with Gasteiger partial charge in [0.1, 0.15) is 6.04 Å². The molecule has 186 valence electrons. The van der Waals surface area contributed by atoms with E-state index in [-0.39, 0.29) is 27.9 Å². The van der Waals surface area contributed by atoms with Gasteiger partial charge in [-0.05, 0) is 64.6 Å². The van der Waals surface area contributed by atoms with E-state index in [0.29, 0.717) is 17.8 Å². The number of methoxy groups -OCH3 is 1. The summed E-state index contributed by atoms with van der Waals surface area (Å²) in [6, 6.07) is 18.2. The van der Waals surface area contributed by atoms with Crippen LogP contribution < -0.4 is 10.2 Å². The van der Waals surface area contributed by atoms with Crippen LogP contribution in [0.2, 0.25) is 10.0 Å². The van der Waals surface area contributed by atoms with Crippen molar-refractivity contribution in [3.05, 3.63) is 110 Å². The number of anilines is 1. The Morgan fingerprint density at radius 2 is 1.67 bits per heavy atom. The molecule has 0 saturated heterocycles. The number of ether oxygens (including phenoxy) is 1. The van der Waals surface area contributed by atoms with E-state index in [1.165, 1.54) is 7.11 Å². The highest BCUT2D eigenvalue weighted by Crippen LogP contribution is 2.25. The lowest BCUT2D eigenvalue weighted by Crippen LogP contribution is -2.43. The maximum atomic E-state index is 13.2. The minimum atomic E-state index is -0.975. The maximum absolute atomic E-state index is 13.2. The maximum Gasteiger partial charge on any atom is 0.328 e. The monoisotopic (exact) mass is 636 g/mol. The molecule has 9 heteroatoms. The van der Waals surface area contributed by atoms with Gasteiger partial charge in [0.05, 0.1) is 28.3 Å². The van der Waals surface area contributed by atoms with Gasteiger partial charge in [0.15, 0.2) is 0 Å². The molecular formula is C27H23Cl2IN2O4. The minimum Gasteiger partial charge on any atom is -0.467 e. The Morgan fingerprint density at radius 1 is 1.03 bits per heavy atom. The molecule has 3 aromatic carbocycles. The van der Waals surface area contributed by atoms with E-state index in [9.17, 15) is 14.4 Å². The van der Waals surface area contributed by atoms with Gasteiger partial charge < -0.3 is 15.0 Å². The molecule has 0 aliphatic heterocycles. The zero-order valence-corrected chi connectivity index (χ0v) is 23.0. The molecule has 0 aromatic heterocycles. The van der Waals surface area contributed by atoms with Crippen molar-refractivity contribution < 1.29 is 19.1 Å². The molecule has 0 spiro atoms. The molecule has 0 unspecified atom stereocenters. The van der Waals surface area contributed by atoms with E-state index in [1.54, 1.807) is 59.5 Å². The van der Waals surface area contributed by atoms with E-state index in [1.807, 2.05) is 18.2 Å². The molecule has 0 radical (unpaired) electrons. The van der Waals surface area contributed by atoms with E-state index >= 15 is 0 Å². The number of nitrogens with zero attached hydrogens (tertiary/aromatic N) is 1. The summed E-state index contributed by atoms with van der Waals surface area (Å²) in [6.07, 6.45) is 1.82. The SMILES string of the molecule is C=CCN(C(=O)c1ccccc1I)c1ccc(C[C@H](NC(=O)c2c(Cl)cccc2Cl)C(=O)OC)cc1. The van der Waals surface area contributed by atoms with Gasteiger partial charge in [-0.2, -0.15) is 0 Å². The van der Waals surface area contributed by atoms with Gasteiger partial charge in [-0.3, -0.25) is 9.59 Å². The normalized spacial score (nSPS) is 11.3. The second-order valence-electron chi connectivity index (χ2n) is 7.70. The van der Waals surface area contributed by atoms with Crippen LogP contribution in [0.5, 0.6) is 0 Å². The standard InChI is InChI=1S/C27H23Cl2IN2O4/c1-3-15-32(26(34)19-7-4-5-10-22(19)30)18-13-11-17(12-14-18)16-23(27(35)36-2)31-25(33)24-20(28)8-6-9-21(24)29/h3-14,23H,1,15-16H2,2H3,(H,31,33)/t23-/m0/s1. The summed E-state index contributed by atoms with van der Waals surface area (Å²) in [7, 11) is 1.25. The first-order chi connectivity index (χ1) is 17.3. The molecule has 3 aromatic rings. The van der Waals surface area contributed by atoms with Crippen molar-refractivity contribution in [3.63, 3.8) is 0 Å². The van der Waals surface area contributed by atoms with Crippen LogP contribution in [0.25, 0.3) is 0 Å². The lowest BCUT2D eigenvalue weighted by molar-refractivity contribution is -0.142. The number of hydrogen-bond donors (Lipinski definition) is 1. The Labute approximate surface area is 233 Å². The van der Waals surface area contributed by atoms with Crippen molar-refractivity contribution in [1.29, 1.82) is 0 Å². The molecule has 0 fully saturated rings. The summed E-state index contributed by atoms with van der Waals surface area (Å²) < 4.78 is 5.73. The fourth-order valence-corrected chi connectivity index (χ4v) is 4.73. The number of rotatable bonds is 9. The summed E-state index contributed by atoms with van der Waals surface area (Å²) in [5.74, 6) is -1.35. The van der Waals surface area contributed by atoms with Gasteiger partial charge in [0.2, 0.25) is 0 Å². The van der Waals surface area contributed by atoms with E-state index in [0.717, 1.165) is 9.13 Å². The highest BCUT2D eigenvalue weighted by atomic mass is 127. The number of benzene rings is 3. The van der Waals surface area contributed by atoms with Crippen molar-refractivity contribution in [2.75, 3.05) is 18.6 Å². The first-order valence-electron chi connectivity index (χ1n) is 10.9. The number of hydrogen-bond acceptors (Lipinski definition) is 4. The summed E-state index contributed by atoms with van der Waals surface area (Å²) in [6.45, 7) is 4.09. The van der Waals surface area contributed by atoms with E-state index in [2.05, 4.69) is 34.5 Å². The van der Waals surface area contributed by atoms with Crippen LogP contribution in [0.1, 0.15) is 26.3 Å². The van der Waals surface area contributed by atoms with Gasteiger partial charge in [-0.1, -0.05) is 59.6 Å². The molecule has 0 aliphatic carbocycles. The smallest absolute Gasteiger partial charge is 0.328 e. The van der Waals surface area contributed by atoms with Crippen LogP contribution >= 0.6 is 45.8 Å². The molecule has 36 heavy (non-hydrogen) atoms. The molecule has 6 nitrogen and oxygen atoms in total. The molecule has 0 aliphatic rings. The van der Waals surface area contributed by atoms with Crippen molar-refractivity contribution in [2.45, 2.75) is 12.5 Å². The lowest BCUT2D eigenvalue weighted by Gasteiger charge is -2.23. The summed E-state index contributed by atoms with van der Waals surface area (Å²) in [4.78, 5) is 40.1. The topological polar surface area (TPSA) is 75.7 Å². The number of esters is 1. The second-order valence-corrected chi connectivity index (χ2v) is 9.68. The zero-order chi connectivity index (χ0) is 26.2. The van der Waals surface area contributed by atoms with Gasteiger partial charge in [-0.15, -0.1) is 6.58 Å². The molecule has 0 bridgehead atoms. The third kappa shape index (κ3) is 6.66. The summed E-state index contributed by atoms with van der Waals surface area (Å²) >= 11 is 14.4. The number of nitrogens with one attached hydrogen (secondary N) is 1. The van der Waals surface area contributed by atoms with Crippen LogP contribution in [0, 0.1) is 3.57 Å². The number of carbonyl (C=O) groups excluding carboxylic acids is 3. The fourth-order valence-electron chi connectivity index (χ4n) is 3.54. The highest BCUT2D eigenvalue weighted by molar-refractivity contribution is 14.1. The first kappa shape index (κ1) is 27.7. The Bertz CT molecular complexity index is 1260. The number of carbonyl (C=O) groups is 3. The predicted octanol–water partition coefficient (Wildman–Crippen LogP) is 5.94. The number of amides is 2. The van der Waals surface area contributed by atoms with Gasteiger partial charge in [0, 0.05) is 22.2 Å². The Kier molecular flexibility index (Phi) is 9.92. The lowest BCUT2D eigenvalue weighted by atomic mass is 10.0. The summed E-state index contributed by atoms with van der Waals surface area (Å²) in [5, 5.41) is 3.00. The van der Waals surface area contributed by atoms with Crippen LogP contribution in [0.15, 0.2) is 79.4 Å². The molecule has 0 saturated carbocycles. The molecule has 0 heterocycles. The van der Waals surface area contributed by atoms with Crippen molar-refractivity contribution in [2.24, 2.45) is 0 Å². The minimum absolute atomic E-state index is 0.0826. The average Bonchev–Trinajstić information content (AvgIpc) is 2.87. The van der Waals surface area contributed by atoms with Gasteiger partial charge >= 0.3 is 5.97 Å². The molecule has 2 amide bonds. The molecule has 3 rings (SSSR count). The van der Waals surface area contributed by atoms with Crippen molar-refractivity contribution in [1.82, 2.24) is 5.32 Å². The highest BCUT2D eigenvalue weighted by Gasteiger charge is 2.25. The predicted molar refractivity (Wildman–Crippen MR) is 151 cm³/mol. The number of halogens is 3.